The molecule has 1 heterocycles. The van der Waals surface area contributed by atoms with Gasteiger partial charge < -0.3 is 15.4 Å². The highest BCUT2D eigenvalue weighted by molar-refractivity contribution is 7.80. The summed E-state index contributed by atoms with van der Waals surface area (Å²) < 4.78 is 19.3. The number of halogens is 1. The van der Waals surface area contributed by atoms with Crippen LogP contribution in [-0.2, 0) is 0 Å². The van der Waals surface area contributed by atoms with Crippen LogP contribution in [0.2, 0.25) is 0 Å². The van der Waals surface area contributed by atoms with Gasteiger partial charge in [0.2, 0.25) is 0 Å². The molecule has 5 heteroatoms. The summed E-state index contributed by atoms with van der Waals surface area (Å²) in [6.07, 6.45) is 0.787. The highest BCUT2D eigenvalue weighted by Crippen LogP contribution is 2.39. The van der Waals surface area contributed by atoms with Crippen molar-refractivity contribution < 1.29 is 9.13 Å². The van der Waals surface area contributed by atoms with E-state index in [-0.39, 0.29) is 17.5 Å². The molecule has 120 valence electrons. The first-order valence-corrected chi connectivity index (χ1v) is 7.95. The summed E-state index contributed by atoms with van der Waals surface area (Å²) in [7, 11) is 0. The monoisotopic (exact) mass is 330 g/mol. The third kappa shape index (κ3) is 3.79. The van der Waals surface area contributed by atoms with Crippen molar-refractivity contribution in [3.8, 4) is 5.75 Å². The largest absolute Gasteiger partial charge is 0.487 e. The molecule has 0 saturated heterocycles. The molecule has 2 N–H and O–H groups in total. The van der Waals surface area contributed by atoms with Crippen molar-refractivity contribution in [1.29, 1.82) is 0 Å². The molecule has 2 aromatic carbocycles. The summed E-state index contributed by atoms with van der Waals surface area (Å²) in [5.74, 6) is 0.574. The molecule has 3 nitrogen and oxygen atoms in total. The highest BCUT2D eigenvalue weighted by atomic mass is 32.1. The second kappa shape index (κ2) is 6.16. The van der Waals surface area contributed by atoms with E-state index >= 15 is 0 Å². The van der Waals surface area contributed by atoms with Gasteiger partial charge in [-0.15, -0.1) is 0 Å². The van der Waals surface area contributed by atoms with Crippen LogP contribution in [0.5, 0.6) is 5.75 Å². The smallest absolute Gasteiger partial charge is 0.171 e. The van der Waals surface area contributed by atoms with E-state index in [1.807, 2.05) is 24.3 Å². The average Bonchev–Trinajstić information content (AvgIpc) is 2.46. The van der Waals surface area contributed by atoms with Crippen LogP contribution in [-0.4, -0.2) is 10.7 Å². The number of fused-ring (bicyclic) bond motifs is 1. The van der Waals surface area contributed by atoms with Crippen molar-refractivity contribution in [2.75, 3.05) is 5.32 Å². The number of para-hydroxylation sites is 1. The van der Waals surface area contributed by atoms with Crippen LogP contribution in [0.4, 0.5) is 10.1 Å². The van der Waals surface area contributed by atoms with Crippen LogP contribution in [0.1, 0.15) is 31.9 Å². The normalized spacial score (nSPS) is 18.5. The van der Waals surface area contributed by atoms with Crippen LogP contribution in [0, 0.1) is 5.82 Å². The maximum absolute atomic E-state index is 13.3. The summed E-state index contributed by atoms with van der Waals surface area (Å²) in [5.41, 5.74) is 1.43. The fourth-order valence-corrected chi connectivity index (χ4v) is 3.08. The number of hydrogen-bond acceptors (Lipinski definition) is 2. The van der Waals surface area contributed by atoms with Gasteiger partial charge in [0.05, 0.1) is 6.04 Å². The van der Waals surface area contributed by atoms with E-state index in [0.29, 0.717) is 10.8 Å². The summed E-state index contributed by atoms with van der Waals surface area (Å²) in [6.45, 7) is 4.11. The molecule has 0 spiro atoms. The minimum atomic E-state index is -0.296. The van der Waals surface area contributed by atoms with E-state index in [1.165, 1.54) is 12.1 Å². The molecule has 0 amide bonds. The zero-order valence-corrected chi connectivity index (χ0v) is 13.9. The molecule has 0 aliphatic carbocycles. The lowest BCUT2D eigenvalue weighted by atomic mass is 9.90. The Bertz CT molecular complexity index is 732. The van der Waals surface area contributed by atoms with Crippen molar-refractivity contribution in [2.24, 2.45) is 0 Å². The Balaban J connectivity index is 1.75. The number of thiocarbonyl (C=S) groups is 1. The summed E-state index contributed by atoms with van der Waals surface area (Å²) >= 11 is 5.38. The zero-order chi connectivity index (χ0) is 16.4. The number of nitrogens with one attached hydrogen (secondary N) is 2. The molecule has 0 aromatic heterocycles. The Hall–Kier alpha value is -2.14. The number of hydrogen-bond donors (Lipinski definition) is 2. The zero-order valence-electron chi connectivity index (χ0n) is 13.1. The van der Waals surface area contributed by atoms with Gasteiger partial charge in [0.1, 0.15) is 17.2 Å². The summed E-state index contributed by atoms with van der Waals surface area (Å²) in [4.78, 5) is 0. The highest BCUT2D eigenvalue weighted by Gasteiger charge is 2.33. The molecule has 0 fully saturated rings. The average molecular weight is 330 g/mol. The topological polar surface area (TPSA) is 33.3 Å². The predicted molar refractivity (Wildman–Crippen MR) is 94.3 cm³/mol. The quantitative estimate of drug-likeness (QED) is 0.799. The lowest BCUT2D eigenvalue weighted by Crippen LogP contribution is -2.42. The second-order valence-corrected chi connectivity index (χ2v) is 6.67. The molecule has 1 aliphatic heterocycles. The minimum Gasteiger partial charge on any atom is -0.487 e. The number of benzene rings is 2. The molecule has 3 rings (SSSR count). The fourth-order valence-electron chi connectivity index (χ4n) is 2.82. The van der Waals surface area contributed by atoms with Crippen LogP contribution in [0.15, 0.2) is 48.5 Å². The Morgan fingerprint density at radius 2 is 2.00 bits per heavy atom. The third-order valence-electron chi connectivity index (χ3n) is 3.76. The molecule has 0 unspecified atom stereocenters. The van der Waals surface area contributed by atoms with Gasteiger partial charge >= 0.3 is 0 Å². The van der Waals surface area contributed by atoms with E-state index in [2.05, 4.69) is 24.5 Å². The molecule has 0 bridgehead atoms. The first kappa shape index (κ1) is 15.7. The fraction of sp³-hybridized carbons (Fsp3) is 0.278. The second-order valence-electron chi connectivity index (χ2n) is 6.27. The number of anilines is 1. The number of rotatable bonds is 2. The van der Waals surface area contributed by atoms with E-state index in [1.54, 1.807) is 12.1 Å². The van der Waals surface area contributed by atoms with E-state index < -0.39 is 0 Å². The van der Waals surface area contributed by atoms with Crippen LogP contribution >= 0.6 is 12.2 Å². The standard InChI is InChI=1S/C18H19FN2OS/c1-18(2)11-15(14-8-3-4-9-16(14)22-18)21-17(23)20-13-7-5-6-12(19)10-13/h3-10,15H,11H2,1-2H3,(H2,20,21,23)/t15-/m1/s1. The molecule has 1 aliphatic rings. The van der Waals surface area contributed by atoms with Gasteiger partial charge in [-0.3, -0.25) is 0 Å². The van der Waals surface area contributed by atoms with Crippen molar-refractivity contribution in [2.45, 2.75) is 31.9 Å². The van der Waals surface area contributed by atoms with Crippen LogP contribution < -0.4 is 15.4 Å². The van der Waals surface area contributed by atoms with Crippen molar-refractivity contribution in [1.82, 2.24) is 5.32 Å². The first-order chi connectivity index (χ1) is 10.9. The first-order valence-electron chi connectivity index (χ1n) is 7.54. The lowest BCUT2D eigenvalue weighted by molar-refractivity contribution is 0.0697. The summed E-state index contributed by atoms with van der Waals surface area (Å²) in [6, 6.07) is 14.2. The molecule has 2 aromatic rings. The third-order valence-corrected chi connectivity index (χ3v) is 3.98. The molecular weight excluding hydrogens is 311 g/mol. The Labute approximate surface area is 140 Å². The Morgan fingerprint density at radius 1 is 1.22 bits per heavy atom. The van der Waals surface area contributed by atoms with Crippen molar-refractivity contribution in [3.63, 3.8) is 0 Å². The van der Waals surface area contributed by atoms with Crippen molar-refractivity contribution in [3.05, 3.63) is 59.9 Å². The van der Waals surface area contributed by atoms with Crippen molar-refractivity contribution >= 4 is 23.0 Å². The van der Waals surface area contributed by atoms with Crippen LogP contribution in [0.3, 0.4) is 0 Å². The number of ether oxygens (including phenoxy) is 1. The SMILES string of the molecule is CC1(C)C[C@@H](NC(=S)Nc2cccc(F)c2)c2ccccc2O1. The van der Waals surface area contributed by atoms with Gasteiger partial charge in [-0.05, 0) is 50.3 Å². The Morgan fingerprint density at radius 3 is 2.78 bits per heavy atom. The van der Waals surface area contributed by atoms with Gasteiger partial charge in [0.15, 0.2) is 5.11 Å². The Kier molecular flexibility index (Phi) is 4.22. The maximum Gasteiger partial charge on any atom is 0.171 e. The predicted octanol–water partition coefficient (Wildman–Crippen LogP) is 4.41. The molecule has 23 heavy (non-hydrogen) atoms. The van der Waals surface area contributed by atoms with Gasteiger partial charge in [0.25, 0.3) is 0 Å². The molecule has 0 saturated carbocycles. The minimum absolute atomic E-state index is 0.0449. The summed E-state index contributed by atoms with van der Waals surface area (Å²) in [5, 5.41) is 6.81. The lowest BCUT2D eigenvalue weighted by Gasteiger charge is -2.38. The van der Waals surface area contributed by atoms with Crippen LogP contribution in [0.25, 0.3) is 0 Å². The van der Waals surface area contributed by atoms with E-state index in [4.69, 9.17) is 17.0 Å². The molecule has 1 atom stereocenters. The van der Waals surface area contributed by atoms with Gasteiger partial charge in [-0.2, -0.15) is 0 Å². The maximum atomic E-state index is 13.3. The van der Waals surface area contributed by atoms with E-state index in [0.717, 1.165) is 17.7 Å². The van der Waals surface area contributed by atoms with Gasteiger partial charge in [-0.25, -0.2) is 4.39 Å². The molecular formula is C18H19FN2OS. The molecule has 0 radical (unpaired) electrons. The van der Waals surface area contributed by atoms with Gasteiger partial charge in [-0.1, -0.05) is 24.3 Å². The van der Waals surface area contributed by atoms with Gasteiger partial charge in [0, 0.05) is 17.7 Å². The van der Waals surface area contributed by atoms with E-state index in [9.17, 15) is 4.39 Å².